The lowest BCUT2D eigenvalue weighted by Crippen LogP contribution is -2.16. The van der Waals surface area contributed by atoms with Gasteiger partial charge in [0.15, 0.2) is 0 Å². The summed E-state index contributed by atoms with van der Waals surface area (Å²) in [5.41, 5.74) is 2.67. The molecular formula is C22H23ClF3N. The molecule has 5 heteroatoms. The van der Waals surface area contributed by atoms with Crippen molar-refractivity contribution in [1.82, 2.24) is 5.32 Å². The fraction of sp³-hybridized carbons (Fsp3) is 0.273. The first-order valence-electron chi connectivity index (χ1n) is 8.79. The van der Waals surface area contributed by atoms with Crippen molar-refractivity contribution < 1.29 is 13.2 Å². The molecule has 144 valence electrons. The summed E-state index contributed by atoms with van der Waals surface area (Å²) in [6.07, 6.45) is -2.85. The van der Waals surface area contributed by atoms with Crippen molar-refractivity contribution in [3.05, 3.63) is 82.9 Å². The van der Waals surface area contributed by atoms with Crippen LogP contribution >= 0.6 is 12.4 Å². The predicted molar refractivity (Wildman–Crippen MR) is 107 cm³/mol. The average Bonchev–Trinajstić information content (AvgIpc) is 2.62. The first-order valence-corrected chi connectivity index (χ1v) is 8.79. The van der Waals surface area contributed by atoms with E-state index in [1.807, 2.05) is 12.1 Å². The molecule has 0 spiro atoms. The zero-order valence-corrected chi connectivity index (χ0v) is 16.0. The molecule has 0 atom stereocenters. The van der Waals surface area contributed by atoms with Gasteiger partial charge in [-0.3, -0.25) is 0 Å². The van der Waals surface area contributed by atoms with Gasteiger partial charge in [-0.25, -0.2) is 0 Å². The molecule has 0 heterocycles. The Morgan fingerprint density at radius 3 is 2.48 bits per heavy atom. The second kappa shape index (κ2) is 9.25. The molecule has 0 amide bonds. The average molecular weight is 394 g/mol. The fourth-order valence-electron chi connectivity index (χ4n) is 3.21. The van der Waals surface area contributed by atoms with Gasteiger partial charge in [-0.05, 0) is 59.8 Å². The highest BCUT2D eigenvalue weighted by molar-refractivity contribution is 5.86. The summed E-state index contributed by atoms with van der Waals surface area (Å²) in [5.74, 6) is 0. The van der Waals surface area contributed by atoms with Gasteiger partial charge in [0.2, 0.25) is 0 Å². The summed E-state index contributed by atoms with van der Waals surface area (Å²) >= 11 is 0. The van der Waals surface area contributed by atoms with Gasteiger partial charge in [0, 0.05) is 6.54 Å². The highest BCUT2D eigenvalue weighted by Gasteiger charge is 2.30. The third-order valence-electron chi connectivity index (χ3n) is 4.65. The number of benzene rings is 3. The molecule has 3 rings (SSSR count). The Labute approximate surface area is 164 Å². The van der Waals surface area contributed by atoms with E-state index >= 15 is 0 Å². The largest absolute Gasteiger partial charge is 0.416 e. The number of rotatable bonds is 6. The van der Waals surface area contributed by atoms with Gasteiger partial charge in [0.1, 0.15) is 0 Å². The highest BCUT2D eigenvalue weighted by atomic mass is 35.5. The van der Waals surface area contributed by atoms with Crippen LogP contribution in [-0.2, 0) is 19.1 Å². The van der Waals surface area contributed by atoms with E-state index in [-0.39, 0.29) is 12.4 Å². The first kappa shape index (κ1) is 21.3. The van der Waals surface area contributed by atoms with Crippen LogP contribution in [0.4, 0.5) is 13.2 Å². The summed E-state index contributed by atoms with van der Waals surface area (Å²) in [7, 11) is 0. The van der Waals surface area contributed by atoms with Gasteiger partial charge < -0.3 is 5.32 Å². The van der Waals surface area contributed by atoms with E-state index in [0.29, 0.717) is 6.42 Å². The lowest BCUT2D eigenvalue weighted by atomic mass is 9.99. The van der Waals surface area contributed by atoms with E-state index in [9.17, 15) is 13.2 Å². The fourth-order valence-corrected chi connectivity index (χ4v) is 3.21. The maximum atomic E-state index is 12.8. The van der Waals surface area contributed by atoms with Crippen LogP contribution in [0.25, 0.3) is 10.8 Å². The molecule has 0 saturated carbocycles. The van der Waals surface area contributed by atoms with Crippen molar-refractivity contribution in [2.24, 2.45) is 0 Å². The minimum absolute atomic E-state index is 0. The molecule has 3 aromatic carbocycles. The van der Waals surface area contributed by atoms with E-state index in [2.05, 4.69) is 36.5 Å². The summed E-state index contributed by atoms with van der Waals surface area (Å²) in [6, 6.07) is 18.1. The van der Waals surface area contributed by atoms with Crippen molar-refractivity contribution in [3.8, 4) is 0 Å². The third kappa shape index (κ3) is 5.47. The molecule has 0 fully saturated rings. The van der Waals surface area contributed by atoms with Gasteiger partial charge in [0.05, 0.1) is 5.56 Å². The zero-order valence-electron chi connectivity index (χ0n) is 15.1. The minimum Gasteiger partial charge on any atom is -0.313 e. The monoisotopic (exact) mass is 393 g/mol. The SMILES string of the molecule is Cc1ccc2ccccc2c1CNCCCc1cccc(C(F)(F)F)c1.Cl. The smallest absolute Gasteiger partial charge is 0.313 e. The Morgan fingerprint density at radius 2 is 1.70 bits per heavy atom. The zero-order chi connectivity index (χ0) is 18.6. The number of halogens is 4. The molecule has 1 N–H and O–H groups in total. The second-order valence-electron chi connectivity index (χ2n) is 6.56. The van der Waals surface area contributed by atoms with Crippen LogP contribution in [0.2, 0.25) is 0 Å². The molecule has 0 aliphatic rings. The molecule has 3 aromatic rings. The molecule has 0 unspecified atom stereocenters. The topological polar surface area (TPSA) is 12.0 Å². The summed E-state index contributed by atoms with van der Waals surface area (Å²) in [5, 5.41) is 5.90. The van der Waals surface area contributed by atoms with Gasteiger partial charge in [-0.1, -0.05) is 54.6 Å². The summed E-state index contributed by atoms with van der Waals surface area (Å²) in [6.45, 7) is 3.63. The minimum atomic E-state index is -4.28. The van der Waals surface area contributed by atoms with Crippen LogP contribution in [0, 0.1) is 6.92 Å². The molecule has 1 nitrogen and oxygen atoms in total. The number of aryl methyl sites for hydroxylation is 2. The molecule has 0 aliphatic carbocycles. The maximum absolute atomic E-state index is 12.8. The lowest BCUT2D eigenvalue weighted by molar-refractivity contribution is -0.137. The summed E-state index contributed by atoms with van der Waals surface area (Å²) in [4.78, 5) is 0. The Hall–Kier alpha value is -2.04. The van der Waals surface area contributed by atoms with E-state index in [4.69, 9.17) is 0 Å². The van der Waals surface area contributed by atoms with Crippen LogP contribution in [-0.4, -0.2) is 6.54 Å². The van der Waals surface area contributed by atoms with Crippen LogP contribution in [0.3, 0.4) is 0 Å². The van der Waals surface area contributed by atoms with Gasteiger partial charge in [-0.2, -0.15) is 13.2 Å². The first-order chi connectivity index (χ1) is 12.4. The molecule has 0 radical (unpaired) electrons. The molecular weight excluding hydrogens is 371 g/mol. The van der Waals surface area contributed by atoms with Crippen LogP contribution < -0.4 is 5.32 Å². The van der Waals surface area contributed by atoms with Crippen molar-refractivity contribution >= 4 is 23.2 Å². The van der Waals surface area contributed by atoms with E-state index in [0.717, 1.165) is 31.1 Å². The summed E-state index contributed by atoms with van der Waals surface area (Å²) < 4.78 is 38.3. The standard InChI is InChI=1S/C22H22F3N.ClH/c1-16-11-12-18-8-2-3-10-20(18)21(16)15-26-13-5-7-17-6-4-9-19(14-17)22(23,24)25;/h2-4,6,8-12,14,26H,5,7,13,15H2,1H3;1H. The van der Waals surface area contributed by atoms with Crippen LogP contribution in [0.15, 0.2) is 60.7 Å². The molecule has 0 aromatic heterocycles. The van der Waals surface area contributed by atoms with Crippen molar-refractivity contribution in [3.63, 3.8) is 0 Å². The van der Waals surface area contributed by atoms with Gasteiger partial charge in [-0.15, -0.1) is 12.4 Å². The molecule has 0 bridgehead atoms. The predicted octanol–water partition coefficient (Wildman–Crippen LogP) is 6.31. The Morgan fingerprint density at radius 1 is 0.926 bits per heavy atom. The Bertz CT molecular complexity index is 890. The number of hydrogen-bond acceptors (Lipinski definition) is 1. The Kier molecular flexibility index (Phi) is 7.28. The van der Waals surface area contributed by atoms with Crippen molar-refractivity contribution in [1.29, 1.82) is 0 Å². The molecule has 27 heavy (non-hydrogen) atoms. The van der Waals surface area contributed by atoms with E-state index < -0.39 is 11.7 Å². The Balaban J connectivity index is 0.00000261. The molecule has 0 saturated heterocycles. The number of nitrogens with one attached hydrogen (secondary N) is 1. The van der Waals surface area contributed by atoms with Crippen LogP contribution in [0.1, 0.15) is 28.7 Å². The van der Waals surface area contributed by atoms with Gasteiger partial charge in [0.25, 0.3) is 0 Å². The highest BCUT2D eigenvalue weighted by Crippen LogP contribution is 2.29. The van der Waals surface area contributed by atoms with E-state index in [1.54, 1.807) is 6.07 Å². The van der Waals surface area contributed by atoms with Crippen LogP contribution in [0.5, 0.6) is 0 Å². The van der Waals surface area contributed by atoms with Crippen molar-refractivity contribution in [2.45, 2.75) is 32.5 Å². The third-order valence-corrected chi connectivity index (χ3v) is 4.65. The number of alkyl halides is 3. The van der Waals surface area contributed by atoms with Gasteiger partial charge >= 0.3 is 6.18 Å². The quantitative estimate of drug-likeness (QED) is 0.484. The van der Waals surface area contributed by atoms with Crippen molar-refractivity contribution in [2.75, 3.05) is 6.54 Å². The van der Waals surface area contributed by atoms with E-state index in [1.165, 1.54) is 34.0 Å². The number of hydrogen-bond donors (Lipinski definition) is 1. The second-order valence-corrected chi connectivity index (χ2v) is 6.56. The normalized spacial score (nSPS) is 11.4. The lowest BCUT2D eigenvalue weighted by Gasteiger charge is -2.12. The maximum Gasteiger partial charge on any atom is 0.416 e. The number of fused-ring (bicyclic) bond motifs is 1. The molecule has 0 aliphatic heterocycles.